The zero-order valence-corrected chi connectivity index (χ0v) is 10.4. The largest absolute Gasteiger partial charge is 0.536 e. The molecule has 0 heterocycles. The van der Waals surface area contributed by atoms with E-state index >= 15 is 0 Å². The molecular weight excluding hydrogens is 212 g/mol. The fraction of sp³-hybridized carbons (Fsp3) is 0.400. The smallest absolute Gasteiger partial charge is 0.497 e. The van der Waals surface area contributed by atoms with Gasteiger partial charge in [0.15, 0.2) is 0 Å². The third kappa shape index (κ3) is 2.38. The van der Waals surface area contributed by atoms with Gasteiger partial charge >= 0.3 is 8.80 Å². The van der Waals surface area contributed by atoms with Gasteiger partial charge in [-0.15, -0.1) is 0 Å². The predicted molar refractivity (Wildman–Crippen MR) is 59.4 cm³/mol. The first-order chi connectivity index (χ1) is 7.22. The van der Waals surface area contributed by atoms with Gasteiger partial charge in [0.25, 0.3) is 0 Å². The predicted octanol–water partition coefficient (Wildman–Crippen LogP) is 0.780. The van der Waals surface area contributed by atoms with Crippen LogP contribution < -0.4 is 9.92 Å². The lowest BCUT2D eigenvalue weighted by Crippen LogP contribution is -2.54. The zero-order chi connectivity index (χ0) is 11.3. The molecule has 0 bridgehead atoms. The summed E-state index contributed by atoms with van der Waals surface area (Å²) < 4.78 is 21.1. The van der Waals surface area contributed by atoms with E-state index in [1.165, 1.54) is 0 Å². The van der Waals surface area contributed by atoms with E-state index < -0.39 is 8.80 Å². The Bertz CT molecular complexity index is 287. The van der Waals surface area contributed by atoms with Gasteiger partial charge in [0.1, 0.15) is 5.75 Å². The van der Waals surface area contributed by atoms with Crippen LogP contribution in [0.15, 0.2) is 24.3 Å². The second kappa shape index (κ2) is 5.27. The monoisotopic (exact) mass is 228 g/mol. The van der Waals surface area contributed by atoms with Crippen molar-refractivity contribution in [3.05, 3.63) is 24.3 Å². The summed E-state index contributed by atoms with van der Waals surface area (Å²) in [6.45, 7) is 0. The Balaban J connectivity index is 3.01. The van der Waals surface area contributed by atoms with Crippen LogP contribution in [0.1, 0.15) is 0 Å². The fourth-order valence-corrected chi connectivity index (χ4v) is 3.18. The molecule has 0 unspecified atom stereocenters. The van der Waals surface area contributed by atoms with Gasteiger partial charge in [-0.3, -0.25) is 0 Å². The van der Waals surface area contributed by atoms with E-state index in [0.717, 1.165) is 10.9 Å². The van der Waals surface area contributed by atoms with Gasteiger partial charge in [0.05, 0.1) is 7.11 Å². The van der Waals surface area contributed by atoms with E-state index in [9.17, 15) is 0 Å². The minimum atomic E-state index is -2.68. The molecule has 1 aromatic carbocycles. The Labute approximate surface area is 91.1 Å². The highest BCUT2D eigenvalue weighted by molar-refractivity contribution is 6.75. The van der Waals surface area contributed by atoms with Crippen LogP contribution >= 0.6 is 0 Å². The quantitative estimate of drug-likeness (QED) is 0.698. The third-order valence-electron chi connectivity index (χ3n) is 2.25. The number of ether oxygens (including phenoxy) is 1. The highest BCUT2D eigenvalue weighted by Crippen LogP contribution is 2.11. The number of hydrogen-bond donors (Lipinski definition) is 0. The lowest BCUT2D eigenvalue weighted by Gasteiger charge is -2.24. The molecule has 0 radical (unpaired) electrons. The van der Waals surface area contributed by atoms with Crippen LogP contribution in [0.5, 0.6) is 5.75 Å². The van der Waals surface area contributed by atoms with Crippen molar-refractivity contribution in [2.75, 3.05) is 28.4 Å². The molecule has 0 saturated heterocycles. The van der Waals surface area contributed by atoms with Gasteiger partial charge in [-0.2, -0.15) is 0 Å². The molecule has 0 aliphatic heterocycles. The Morgan fingerprint density at radius 3 is 1.60 bits per heavy atom. The normalized spacial score (nSPS) is 11.5. The Hall–Kier alpha value is -0.883. The fourth-order valence-electron chi connectivity index (χ4n) is 1.40. The first-order valence-corrected chi connectivity index (χ1v) is 6.25. The van der Waals surface area contributed by atoms with E-state index in [2.05, 4.69) is 0 Å². The summed E-state index contributed by atoms with van der Waals surface area (Å²) in [4.78, 5) is 0. The van der Waals surface area contributed by atoms with E-state index in [4.69, 9.17) is 18.0 Å². The van der Waals surface area contributed by atoms with E-state index in [1.807, 2.05) is 24.3 Å². The first-order valence-electron chi connectivity index (χ1n) is 4.52. The van der Waals surface area contributed by atoms with Crippen LogP contribution in [-0.2, 0) is 13.3 Å². The molecule has 0 N–H and O–H groups in total. The van der Waals surface area contributed by atoms with Crippen LogP contribution in [0.25, 0.3) is 0 Å². The van der Waals surface area contributed by atoms with Crippen LogP contribution in [0.2, 0.25) is 0 Å². The maximum Gasteiger partial charge on any atom is 0.536 e. The summed E-state index contributed by atoms with van der Waals surface area (Å²) in [5, 5.41) is 0.913. The van der Waals surface area contributed by atoms with Crippen LogP contribution in [0.4, 0.5) is 0 Å². The maximum atomic E-state index is 5.35. The molecule has 15 heavy (non-hydrogen) atoms. The molecule has 0 spiro atoms. The zero-order valence-electron chi connectivity index (χ0n) is 9.44. The summed E-state index contributed by atoms with van der Waals surface area (Å²) in [5.74, 6) is 0.796. The molecule has 0 fully saturated rings. The van der Waals surface area contributed by atoms with Gasteiger partial charge in [-0.25, -0.2) is 0 Å². The second-order valence-electron chi connectivity index (χ2n) is 2.90. The van der Waals surface area contributed by atoms with Crippen LogP contribution in [-0.4, -0.2) is 37.2 Å². The van der Waals surface area contributed by atoms with Crippen LogP contribution in [0.3, 0.4) is 0 Å². The van der Waals surface area contributed by atoms with Gasteiger partial charge < -0.3 is 18.0 Å². The topological polar surface area (TPSA) is 36.9 Å². The number of rotatable bonds is 5. The number of benzene rings is 1. The highest BCUT2D eigenvalue weighted by Gasteiger charge is 2.40. The van der Waals surface area contributed by atoms with Crippen molar-refractivity contribution in [2.24, 2.45) is 0 Å². The molecule has 0 aliphatic rings. The summed E-state index contributed by atoms with van der Waals surface area (Å²) >= 11 is 0. The van der Waals surface area contributed by atoms with E-state index in [-0.39, 0.29) is 0 Å². The van der Waals surface area contributed by atoms with Gasteiger partial charge in [-0.1, -0.05) is 12.1 Å². The lowest BCUT2D eigenvalue weighted by atomic mass is 10.3. The number of methoxy groups -OCH3 is 1. The summed E-state index contributed by atoms with van der Waals surface area (Å²) in [6.07, 6.45) is 0. The minimum absolute atomic E-state index is 0.796. The standard InChI is InChI=1S/C10H16O4Si/c1-11-9-5-7-10(8-6-9)15(12-2,13-3)14-4/h5-8H,1-4H3. The lowest BCUT2D eigenvalue weighted by molar-refractivity contribution is 0.140. The molecular formula is C10H16O4Si. The van der Waals surface area contributed by atoms with Crippen molar-refractivity contribution in [3.63, 3.8) is 0 Å². The summed E-state index contributed by atoms with van der Waals surface area (Å²) in [7, 11) is 3.70. The molecule has 5 heteroatoms. The molecule has 4 nitrogen and oxygen atoms in total. The Kier molecular flexibility index (Phi) is 4.28. The highest BCUT2D eigenvalue weighted by atomic mass is 28.4. The molecule has 0 amide bonds. The Morgan fingerprint density at radius 2 is 1.27 bits per heavy atom. The molecule has 1 aromatic rings. The van der Waals surface area contributed by atoms with E-state index in [0.29, 0.717) is 0 Å². The maximum absolute atomic E-state index is 5.35. The van der Waals surface area contributed by atoms with Crippen molar-refractivity contribution in [1.29, 1.82) is 0 Å². The Morgan fingerprint density at radius 1 is 0.800 bits per heavy atom. The molecule has 1 rings (SSSR count). The third-order valence-corrected chi connectivity index (χ3v) is 4.90. The van der Waals surface area contributed by atoms with Crippen molar-refractivity contribution in [2.45, 2.75) is 0 Å². The van der Waals surface area contributed by atoms with Gasteiger partial charge in [0, 0.05) is 26.5 Å². The second-order valence-corrected chi connectivity index (χ2v) is 5.81. The van der Waals surface area contributed by atoms with Crippen molar-refractivity contribution < 1.29 is 18.0 Å². The van der Waals surface area contributed by atoms with Gasteiger partial charge in [0.2, 0.25) is 0 Å². The molecule has 0 aromatic heterocycles. The minimum Gasteiger partial charge on any atom is -0.497 e. The molecule has 0 atom stereocenters. The molecule has 84 valence electrons. The van der Waals surface area contributed by atoms with Crippen molar-refractivity contribution in [3.8, 4) is 5.75 Å². The SMILES string of the molecule is COc1ccc([Si](OC)(OC)OC)cc1. The summed E-state index contributed by atoms with van der Waals surface area (Å²) in [5.41, 5.74) is 0. The van der Waals surface area contributed by atoms with Crippen molar-refractivity contribution in [1.82, 2.24) is 0 Å². The van der Waals surface area contributed by atoms with Crippen molar-refractivity contribution >= 4 is 14.0 Å². The average molecular weight is 228 g/mol. The van der Waals surface area contributed by atoms with E-state index in [1.54, 1.807) is 28.4 Å². The number of hydrogen-bond acceptors (Lipinski definition) is 4. The molecule has 0 saturated carbocycles. The average Bonchev–Trinajstić information content (AvgIpc) is 2.33. The van der Waals surface area contributed by atoms with Crippen LogP contribution in [0, 0.1) is 0 Å². The summed E-state index contributed by atoms with van der Waals surface area (Å²) in [6, 6.07) is 7.49. The first kappa shape index (κ1) is 12.2. The van der Waals surface area contributed by atoms with Gasteiger partial charge in [-0.05, 0) is 12.1 Å². The molecule has 0 aliphatic carbocycles.